The predicted octanol–water partition coefficient (Wildman–Crippen LogP) is 4.13. The lowest BCUT2D eigenvalue weighted by atomic mass is 9.90. The van der Waals surface area contributed by atoms with E-state index in [4.69, 9.17) is 5.26 Å². The zero-order valence-electron chi connectivity index (χ0n) is 11.7. The predicted molar refractivity (Wildman–Crippen MR) is 82.3 cm³/mol. The summed E-state index contributed by atoms with van der Waals surface area (Å²) in [5, 5.41) is 18.3. The van der Waals surface area contributed by atoms with Gasteiger partial charge in [-0.3, -0.25) is 0 Å². The number of nitriles is 1. The fourth-order valence-corrected chi connectivity index (χ4v) is 2.36. The second kappa shape index (κ2) is 6.53. The molecular formula is C18H15NO2. The molecule has 0 aromatic heterocycles. The van der Waals surface area contributed by atoms with Gasteiger partial charge >= 0.3 is 5.97 Å². The van der Waals surface area contributed by atoms with Crippen LogP contribution in [-0.4, -0.2) is 11.1 Å². The van der Waals surface area contributed by atoms with Gasteiger partial charge in [-0.1, -0.05) is 61.5 Å². The molecule has 0 saturated carbocycles. The molecule has 3 nitrogen and oxygen atoms in total. The van der Waals surface area contributed by atoms with E-state index in [1.807, 2.05) is 67.6 Å². The fourth-order valence-electron chi connectivity index (χ4n) is 2.36. The lowest BCUT2D eigenvalue weighted by Gasteiger charge is -2.13. The third-order valence-corrected chi connectivity index (χ3v) is 3.32. The van der Waals surface area contributed by atoms with Gasteiger partial charge in [0.05, 0.1) is 0 Å². The molecule has 2 rings (SSSR count). The SMILES string of the molecule is CC/C(=C(/C#N)C(=O)O)c1ccccc1-c1ccccc1. The monoisotopic (exact) mass is 277 g/mol. The molecule has 0 fully saturated rings. The van der Waals surface area contributed by atoms with E-state index in [-0.39, 0.29) is 5.57 Å². The van der Waals surface area contributed by atoms with Crippen LogP contribution in [0.5, 0.6) is 0 Å². The first-order valence-corrected chi connectivity index (χ1v) is 6.70. The maximum Gasteiger partial charge on any atom is 0.346 e. The van der Waals surface area contributed by atoms with Crippen molar-refractivity contribution >= 4 is 11.5 Å². The third kappa shape index (κ3) is 3.01. The second-order valence-electron chi connectivity index (χ2n) is 4.54. The Balaban J connectivity index is 2.71. The van der Waals surface area contributed by atoms with Crippen molar-refractivity contribution in [2.45, 2.75) is 13.3 Å². The Labute approximate surface area is 123 Å². The molecule has 2 aromatic rings. The number of benzene rings is 2. The van der Waals surface area contributed by atoms with E-state index in [2.05, 4.69) is 0 Å². The minimum atomic E-state index is -1.18. The number of hydrogen-bond donors (Lipinski definition) is 1. The molecule has 0 unspecified atom stereocenters. The van der Waals surface area contributed by atoms with Crippen molar-refractivity contribution in [1.29, 1.82) is 5.26 Å². The van der Waals surface area contributed by atoms with Gasteiger partial charge in [0.15, 0.2) is 0 Å². The molecule has 0 saturated heterocycles. The van der Waals surface area contributed by atoms with E-state index in [0.29, 0.717) is 12.0 Å². The summed E-state index contributed by atoms with van der Waals surface area (Å²) in [6.07, 6.45) is 0.485. The summed E-state index contributed by atoms with van der Waals surface area (Å²) in [4.78, 5) is 11.3. The highest BCUT2D eigenvalue weighted by Crippen LogP contribution is 2.32. The Morgan fingerprint density at radius 2 is 1.71 bits per heavy atom. The molecule has 1 N–H and O–H groups in total. The first-order valence-electron chi connectivity index (χ1n) is 6.70. The molecule has 21 heavy (non-hydrogen) atoms. The molecule has 0 bridgehead atoms. The van der Waals surface area contributed by atoms with E-state index in [1.165, 1.54) is 0 Å². The highest BCUT2D eigenvalue weighted by atomic mass is 16.4. The largest absolute Gasteiger partial charge is 0.477 e. The number of carbonyl (C=O) groups is 1. The molecular weight excluding hydrogens is 262 g/mol. The Morgan fingerprint density at radius 1 is 1.10 bits per heavy atom. The van der Waals surface area contributed by atoms with E-state index < -0.39 is 5.97 Å². The summed E-state index contributed by atoms with van der Waals surface area (Å²) in [6, 6.07) is 19.1. The normalized spacial score (nSPS) is 11.4. The van der Waals surface area contributed by atoms with Gasteiger partial charge in [-0.15, -0.1) is 0 Å². The Hall–Kier alpha value is -2.86. The maximum absolute atomic E-state index is 11.3. The zero-order chi connectivity index (χ0) is 15.2. The van der Waals surface area contributed by atoms with Crippen LogP contribution in [0.1, 0.15) is 18.9 Å². The fraction of sp³-hybridized carbons (Fsp3) is 0.111. The molecule has 0 spiro atoms. The van der Waals surface area contributed by atoms with Crippen LogP contribution in [-0.2, 0) is 4.79 Å². The Bertz CT molecular complexity index is 724. The van der Waals surface area contributed by atoms with E-state index in [9.17, 15) is 9.90 Å². The number of aliphatic carboxylic acids is 1. The number of hydrogen-bond acceptors (Lipinski definition) is 2. The van der Waals surface area contributed by atoms with Gasteiger partial charge in [0, 0.05) is 0 Å². The molecule has 0 aliphatic heterocycles. The van der Waals surface area contributed by atoms with Crippen LogP contribution in [0.4, 0.5) is 0 Å². The average Bonchev–Trinajstić information content (AvgIpc) is 2.53. The molecule has 3 heteroatoms. The smallest absolute Gasteiger partial charge is 0.346 e. The van der Waals surface area contributed by atoms with E-state index in [1.54, 1.807) is 0 Å². The minimum absolute atomic E-state index is 0.194. The number of carboxylic acid groups (broad SMARTS) is 1. The van der Waals surface area contributed by atoms with Gasteiger partial charge in [-0.05, 0) is 28.7 Å². The Morgan fingerprint density at radius 3 is 2.29 bits per heavy atom. The summed E-state index contributed by atoms with van der Waals surface area (Å²) < 4.78 is 0. The highest BCUT2D eigenvalue weighted by Gasteiger charge is 2.17. The molecule has 2 aromatic carbocycles. The quantitative estimate of drug-likeness (QED) is 0.675. The van der Waals surface area contributed by atoms with Crippen LogP contribution in [0, 0.1) is 11.3 Å². The van der Waals surface area contributed by atoms with Crippen LogP contribution in [0.2, 0.25) is 0 Å². The topological polar surface area (TPSA) is 61.1 Å². The van der Waals surface area contributed by atoms with Crippen molar-refractivity contribution in [3.63, 3.8) is 0 Å². The molecule has 0 heterocycles. The summed E-state index contributed by atoms with van der Waals surface area (Å²) in [7, 11) is 0. The molecule has 0 atom stereocenters. The first kappa shape index (κ1) is 14.5. The van der Waals surface area contributed by atoms with Crippen LogP contribution < -0.4 is 0 Å². The first-order chi connectivity index (χ1) is 10.2. The van der Waals surface area contributed by atoms with Gasteiger partial charge in [-0.2, -0.15) is 5.26 Å². The number of rotatable bonds is 4. The summed E-state index contributed by atoms with van der Waals surface area (Å²) in [5.74, 6) is -1.18. The lowest BCUT2D eigenvalue weighted by molar-refractivity contribution is -0.132. The van der Waals surface area contributed by atoms with Crippen LogP contribution in [0.3, 0.4) is 0 Å². The molecule has 0 aliphatic carbocycles. The molecule has 0 amide bonds. The molecule has 0 radical (unpaired) electrons. The van der Waals surface area contributed by atoms with Gasteiger partial charge in [0.25, 0.3) is 0 Å². The van der Waals surface area contributed by atoms with Crippen molar-refractivity contribution < 1.29 is 9.90 Å². The van der Waals surface area contributed by atoms with Crippen LogP contribution >= 0.6 is 0 Å². The van der Waals surface area contributed by atoms with E-state index in [0.717, 1.165) is 16.7 Å². The van der Waals surface area contributed by atoms with Gasteiger partial charge < -0.3 is 5.11 Å². The average molecular weight is 277 g/mol. The minimum Gasteiger partial charge on any atom is -0.477 e. The number of allylic oxidation sites excluding steroid dienone is 1. The van der Waals surface area contributed by atoms with Crippen LogP contribution in [0.15, 0.2) is 60.2 Å². The molecule has 104 valence electrons. The van der Waals surface area contributed by atoms with Gasteiger partial charge in [-0.25, -0.2) is 4.79 Å². The summed E-state index contributed by atoms with van der Waals surface area (Å²) >= 11 is 0. The van der Waals surface area contributed by atoms with Gasteiger partial charge in [0.2, 0.25) is 0 Å². The highest BCUT2D eigenvalue weighted by molar-refractivity contribution is 6.02. The van der Waals surface area contributed by atoms with Crippen molar-refractivity contribution in [2.75, 3.05) is 0 Å². The zero-order valence-corrected chi connectivity index (χ0v) is 11.7. The molecule has 0 aliphatic rings. The standard InChI is InChI=1S/C18H15NO2/c1-2-14(17(12-19)18(20)21)16-11-7-6-10-15(16)13-8-4-3-5-9-13/h3-11H,2H2,1H3,(H,20,21)/b17-14+. The maximum atomic E-state index is 11.3. The number of carboxylic acids is 1. The van der Waals surface area contributed by atoms with Crippen LogP contribution in [0.25, 0.3) is 16.7 Å². The Kier molecular flexibility index (Phi) is 4.53. The van der Waals surface area contributed by atoms with Gasteiger partial charge in [0.1, 0.15) is 11.6 Å². The second-order valence-corrected chi connectivity index (χ2v) is 4.54. The summed E-state index contributed by atoms with van der Waals surface area (Å²) in [6.45, 7) is 1.86. The van der Waals surface area contributed by atoms with Crippen molar-refractivity contribution in [2.24, 2.45) is 0 Å². The lowest BCUT2D eigenvalue weighted by Crippen LogP contribution is -2.03. The van der Waals surface area contributed by atoms with Crippen molar-refractivity contribution in [1.82, 2.24) is 0 Å². The van der Waals surface area contributed by atoms with E-state index >= 15 is 0 Å². The van der Waals surface area contributed by atoms with Crippen molar-refractivity contribution in [3.05, 3.63) is 65.7 Å². The third-order valence-electron chi connectivity index (χ3n) is 3.32. The van der Waals surface area contributed by atoms with Crippen molar-refractivity contribution in [3.8, 4) is 17.2 Å². The summed E-state index contributed by atoms with van der Waals surface area (Å²) in [5.41, 5.74) is 3.10. The number of nitrogens with zero attached hydrogens (tertiary/aromatic N) is 1.